The van der Waals surface area contributed by atoms with Crippen LogP contribution in [-0.4, -0.2) is 10.7 Å². The fourth-order valence-electron chi connectivity index (χ4n) is 3.70. The molecule has 2 aliphatic rings. The number of carbonyl (C=O) groups is 1. The van der Waals surface area contributed by atoms with Crippen molar-refractivity contribution in [2.75, 3.05) is 10.6 Å². The Bertz CT molecular complexity index is 942. The third-order valence-corrected chi connectivity index (χ3v) is 4.80. The minimum Gasteiger partial charge on any atom is -0.403 e. The maximum atomic E-state index is 13.0. The molecule has 134 valence electrons. The number of benzene rings is 1. The minimum atomic E-state index is -0.576. The van der Waals surface area contributed by atoms with E-state index in [1.807, 2.05) is 24.3 Å². The summed E-state index contributed by atoms with van der Waals surface area (Å²) in [6, 6.07) is 9.96. The van der Waals surface area contributed by atoms with E-state index in [0.717, 1.165) is 17.1 Å². The summed E-state index contributed by atoms with van der Waals surface area (Å²) in [7, 11) is 0. The van der Waals surface area contributed by atoms with Crippen molar-refractivity contribution in [1.82, 2.24) is 0 Å². The highest BCUT2D eigenvalue weighted by atomic mass is 16.6. The van der Waals surface area contributed by atoms with E-state index in [-0.39, 0.29) is 17.1 Å². The molecule has 1 atom stereocenters. The molecule has 1 aliphatic carbocycles. The lowest BCUT2D eigenvalue weighted by Gasteiger charge is -2.33. The fourth-order valence-corrected chi connectivity index (χ4v) is 3.70. The Morgan fingerprint density at radius 1 is 1.15 bits per heavy atom. The van der Waals surface area contributed by atoms with Crippen molar-refractivity contribution in [2.45, 2.75) is 32.7 Å². The number of furan rings is 1. The molecular weight excluding hydrogens is 334 g/mol. The molecule has 0 fully saturated rings. The van der Waals surface area contributed by atoms with E-state index < -0.39 is 11.0 Å². The maximum absolute atomic E-state index is 13.0. The average molecular weight is 353 g/mol. The predicted molar refractivity (Wildman–Crippen MR) is 96.8 cm³/mol. The van der Waals surface area contributed by atoms with Gasteiger partial charge in [-0.25, -0.2) is 0 Å². The van der Waals surface area contributed by atoms with Crippen LogP contribution in [0.1, 0.15) is 38.5 Å². The van der Waals surface area contributed by atoms with Gasteiger partial charge in [0.1, 0.15) is 16.7 Å². The summed E-state index contributed by atoms with van der Waals surface area (Å²) in [5, 5.41) is 17.7. The fraction of sp³-hybridized carbons (Fsp3) is 0.316. The molecular formula is C19H19N3O4. The molecule has 1 aromatic heterocycles. The van der Waals surface area contributed by atoms with Crippen LogP contribution in [0.2, 0.25) is 0 Å². The minimum absolute atomic E-state index is 0.0214. The number of nitrogens with one attached hydrogen (secondary N) is 2. The molecule has 1 aromatic carbocycles. The standard InChI is InChI=1S/C19H19N3O4/c1-19(2)9-13-17(14(23)10-19)18(15-7-8-16(26-15)22(24)25)21-12-6-4-3-5-11(12)20-13/h3-8,18,20-21H,9-10H2,1-2H3. The van der Waals surface area contributed by atoms with Gasteiger partial charge in [0.15, 0.2) is 5.78 Å². The molecule has 0 radical (unpaired) electrons. The first-order chi connectivity index (χ1) is 12.3. The first-order valence-corrected chi connectivity index (χ1v) is 8.47. The lowest BCUT2D eigenvalue weighted by atomic mass is 9.74. The number of para-hydroxylation sites is 2. The third-order valence-electron chi connectivity index (χ3n) is 4.80. The molecule has 2 aromatic rings. The summed E-state index contributed by atoms with van der Waals surface area (Å²) in [5.41, 5.74) is 2.96. The topological polar surface area (TPSA) is 97.4 Å². The van der Waals surface area contributed by atoms with Gasteiger partial charge in [-0.1, -0.05) is 26.0 Å². The van der Waals surface area contributed by atoms with Gasteiger partial charge < -0.3 is 15.1 Å². The summed E-state index contributed by atoms with van der Waals surface area (Å²) in [4.78, 5) is 23.4. The zero-order valence-corrected chi connectivity index (χ0v) is 14.5. The van der Waals surface area contributed by atoms with Crippen LogP contribution in [0.4, 0.5) is 17.3 Å². The van der Waals surface area contributed by atoms with Crippen molar-refractivity contribution in [2.24, 2.45) is 5.41 Å². The molecule has 0 spiro atoms. The Morgan fingerprint density at radius 2 is 1.88 bits per heavy atom. The van der Waals surface area contributed by atoms with E-state index in [1.54, 1.807) is 6.07 Å². The van der Waals surface area contributed by atoms with E-state index in [0.29, 0.717) is 24.2 Å². The highest BCUT2D eigenvalue weighted by Gasteiger charge is 2.40. The molecule has 7 heteroatoms. The molecule has 1 aliphatic heterocycles. The largest absolute Gasteiger partial charge is 0.433 e. The van der Waals surface area contributed by atoms with Gasteiger partial charge in [0.2, 0.25) is 0 Å². The number of hydrogen-bond donors (Lipinski definition) is 2. The first kappa shape index (κ1) is 16.4. The summed E-state index contributed by atoms with van der Waals surface area (Å²) in [6.07, 6.45) is 1.13. The van der Waals surface area contributed by atoms with Crippen molar-refractivity contribution in [3.63, 3.8) is 0 Å². The van der Waals surface area contributed by atoms with Crippen LogP contribution in [0.5, 0.6) is 0 Å². The second kappa shape index (κ2) is 5.72. The Morgan fingerprint density at radius 3 is 2.58 bits per heavy atom. The van der Waals surface area contributed by atoms with Gasteiger partial charge in [-0.3, -0.25) is 14.9 Å². The van der Waals surface area contributed by atoms with Gasteiger partial charge in [-0.15, -0.1) is 0 Å². The molecule has 2 N–H and O–H groups in total. The van der Waals surface area contributed by atoms with Crippen LogP contribution < -0.4 is 10.6 Å². The second-order valence-electron chi connectivity index (χ2n) is 7.51. The molecule has 0 saturated heterocycles. The van der Waals surface area contributed by atoms with Crippen LogP contribution >= 0.6 is 0 Å². The average Bonchev–Trinajstić information content (AvgIpc) is 2.98. The number of nitrogens with zero attached hydrogens (tertiary/aromatic N) is 1. The number of rotatable bonds is 2. The molecule has 0 bridgehead atoms. The van der Waals surface area contributed by atoms with Crippen molar-refractivity contribution in [3.8, 4) is 0 Å². The first-order valence-electron chi connectivity index (χ1n) is 8.47. The SMILES string of the molecule is CC1(C)CC(=O)C2=C(C1)Nc1ccccc1NC2c1ccc([N+](=O)[O-])o1. The van der Waals surface area contributed by atoms with E-state index in [2.05, 4.69) is 24.5 Å². The van der Waals surface area contributed by atoms with Crippen LogP contribution in [0, 0.1) is 15.5 Å². The van der Waals surface area contributed by atoms with Gasteiger partial charge in [-0.2, -0.15) is 0 Å². The van der Waals surface area contributed by atoms with E-state index in [4.69, 9.17) is 4.42 Å². The Balaban J connectivity index is 1.86. The molecule has 2 heterocycles. The smallest absolute Gasteiger partial charge is 0.403 e. The summed E-state index contributed by atoms with van der Waals surface area (Å²) >= 11 is 0. The van der Waals surface area contributed by atoms with Gasteiger partial charge in [0.25, 0.3) is 0 Å². The second-order valence-corrected chi connectivity index (χ2v) is 7.51. The van der Waals surface area contributed by atoms with Gasteiger partial charge in [-0.05, 0) is 30.0 Å². The van der Waals surface area contributed by atoms with Crippen LogP contribution in [0.15, 0.2) is 52.1 Å². The normalized spacial score (nSPS) is 21.2. The van der Waals surface area contributed by atoms with Gasteiger partial charge >= 0.3 is 5.88 Å². The lowest BCUT2D eigenvalue weighted by Crippen LogP contribution is -2.31. The number of hydrogen-bond acceptors (Lipinski definition) is 6. The molecule has 4 rings (SSSR count). The maximum Gasteiger partial charge on any atom is 0.433 e. The molecule has 0 saturated carbocycles. The van der Waals surface area contributed by atoms with Crippen LogP contribution in [0.3, 0.4) is 0 Å². The molecule has 7 nitrogen and oxygen atoms in total. The van der Waals surface area contributed by atoms with E-state index in [1.165, 1.54) is 6.07 Å². The summed E-state index contributed by atoms with van der Waals surface area (Å²) in [6.45, 7) is 4.13. The number of Topliss-reactive ketones (excluding diaryl/α,β-unsaturated/α-hetero) is 1. The van der Waals surface area contributed by atoms with E-state index in [9.17, 15) is 14.9 Å². The zero-order chi connectivity index (χ0) is 18.5. The van der Waals surface area contributed by atoms with Crippen LogP contribution in [-0.2, 0) is 4.79 Å². The van der Waals surface area contributed by atoms with E-state index >= 15 is 0 Å². The molecule has 0 amide bonds. The molecule has 26 heavy (non-hydrogen) atoms. The van der Waals surface area contributed by atoms with Gasteiger partial charge in [0.05, 0.1) is 17.4 Å². The number of nitro groups is 1. The van der Waals surface area contributed by atoms with Crippen molar-refractivity contribution < 1.29 is 14.1 Å². The Kier molecular flexibility index (Phi) is 3.61. The number of anilines is 2. The lowest BCUT2D eigenvalue weighted by molar-refractivity contribution is -0.402. The number of carbonyl (C=O) groups excluding carboxylic acids is 1. The summed E-state index contributed by atoms with van der Waals surface area (Å²) in [5.74, 6) is 0.0434. The quantitative estimate of drug-likeness (QED) is 0.613. The third kappa shape index (κ3) is 2.75. The zero-order valence-electron chi connectivity index (χ0n) is 14.5. The Labute approximate surface area is 150 Å². The summed E-state index contributed by atoms with van der Waals surface area (Å²) < 4.78 is 5.43. The van der Waals surface area contributed by atoms with Crippen molar-refractivity contribution in [1.29, 1.82) is 0 Å². The van der Waals surface area contributed by atoms with Crippen LogP contribution in [0.25, 0.3) is 0 Å². The predicted octanol–water partition coefficient (Wildman–Crippen LogP) is 4.41. The monoisotopic (exact) mass is 353 g/mol. The highest BCUT2D eigenvalue weighted by molar-refractivity contribution is 6.01. The number of fused-ring (bicyclic) bond motifs is 1. The highest BCUT2D eigenvalue weighted by Crippen LogP contribution is 2.45. The van der Waals surface area contributed by atoms with Gasteiger partial charge in [0, 0.05) is 17.7 Å². The molecule has 1 unspecified atom stereocenters. The Hall–Kier alpha value is -3.09. The number of ketones is 1. The van der Waals surface area contributed by atoms with Crippen molar-refractivity contribution >= 4 is 23.0 Å². The number of allylic oxidation sites excluding steroid dienone is 1. The van der Waals surface area contributed by atoms with Crippen molar-refractivity contribution in [3.05, 3.63) is 63.5 Å².